The Hall–Kier alpha value is -3.17. The van der Waals surface area contributed by atoms with Gasteiger partial charge in [-0.1, -0.05) is 94.8 Å². The van der Waals surface area contributed by atoms with E-state index >= 15 is 0 Å². The van der Waals surface area contributed by atoms with Crippen molar-refractivity contribution in [3.05, 3.63) is 125 Å². The van der Waals surface area contributed by atoms with Crippen LogP contribution in [-0.4, -0.2) is 9.55 Å². The number of rotatable bonds is 5. The normalized spacial score (nSPS) is 11.1. The first-order valence-electron chi connectivity index (χ1n) is 10.1. The third-order valence-corrected chi connectivity index (χ3v) is 5.88. The summed E-state index contributed by atoms with van der Waals surface area (Å²) in [5, 5.41) is 0. The number of nitrogens with zero attached hydrogens (tertiary/aromatic N) is 2. The van der Waals surface area contributed by atoms with Crippen LogP contribution in [0, 0.1) is 0 Å². The molecule has 5 aromatic rings. The SMILES string of the molecule is Brc1cccc(Cn2c(Cc3ccc(-c4ccccc4)cc3)nc3ccccc32)c1. The summed E-state index contributed by atoms with van der Waals surface area (Å²) in [6.45, 7) is 0.803. The second-order valence-electron chi connectivity index (χ2n) is 7.47. The number of hydrogen-bond donors (Lipinski definition) is 0. The summed E-state index contributed by atoms with van der Waals surface area (Å²) < 4.78 is 3.44. The van der Waals surface area contributed by atoms with Gasteiger partial charge in [0, 0.05) is 17.4 Å². The molecule has 0 N–H and O–H groups in total. The molecular formula is C27H21BrN2. The first-order chi connectivity index (χ1) is 14.8. The summed E-state index contributed by atoms with van der Waals surface area (Å²) in [6, 6.07) is 36.2. The van der Waals surface area contributed by atoms with E-state index in [1.165, 1.54) is 27.8 Å². The van der Waals surface area contributed by atoms with Crippen LogP contribution in [0.4, 0.5) is 0 Å². The maximum atomic E-state index is 4.96. The van der Waals surface area contributed by atoms with Crippen LogP contribution >= 0.6 is 15.9 Å². The van der Waals surface area contributed by atoms with Gasteiger partial charge >= 0.3 is 0 Å². The van der Waals surface area contributed by atoms with Gasteiger partial charge in [-0.15, -0.1) is 0 Å². The quantitative estimate of drug-likeness (QED) is 0.277. The number of benzene rings is 4. The Kier molecular flexibility index (Phi) is 5.20. The maximum absolute atomic E-state index is 4.96. The van der Waals surface area contributed by atoms with E-state index in [0.29, 0.717) is 0 Å². The van der Waals surface area contributed by atoms with Gasteiger partial charge in [-0.25, -0.2) is 4.98 Å². The zero-order chi connectivity index (χ0) is 20.3. The van der Waals surface area contributed by atoms with Crippen molar-refractivity contribution in [2.45, 2.75) is 13.0 Å². The van der Waals surface area contributed by atoms with Crippen LogP contribution in [0.3, 0.4) is 0 Å². The van der Waals surface area contributed by atoms with Gasteiger partial charge in [-0.3, -0.25) is 0 Å². The van der Waals surface area contributed by atoms with Crippen molar-refractivity contribution in [3.63, 3.8) is 0 Å². The van der Waals surface area contributed by atoms with E-state index in [4.69, 9.17) is 4.98 Å². The van der Waals surface area contributed by atoms with E-state index in [1.54, 1.807) is 0 Å². The lowest BCUT2D eigenvalue weighted by Gasteiger charge is -2.11. The molecule has 1 heterocycles. The summed E-state index contributed by atoms with van der Waals surface area (Å²) in [5.41, 5.74) is 7.22. The minimum absolute atomic E-state index is 0.803. The number of imidazole rings is 1. The lowest BCUT2D eigenvalue weighted by atomic mass is 10.0. The molecule has 0 radical (unpaired) electrons. The molecule has 4 aromatic carbocycles. The molecule has 3 heteroatoms. The Balaban J connectivity index is 1.48. The van der Waals surface area contributed by atoms with Gasteiger partial charge in [0.2, 0.25) is 0 Å². The van der Waals surface area contributed by atoms with Gasteiger partial charge in [0.15, 0.2) is 0 Å². The first-order valence-corrected chi connectivity index (χ1v) is 10.9. The first kappa shape index (κ1) is 18.8. The Bertz CT molecular complexity index is 1290. The summed E-state index contributed by atoms with van der Waals surface area (Å²) in [6.07, 6.45) is 0.803. The molecule has 0 aliphatic carbocycles. The van der Waals surface area contributed by atoms with Crippen molar-refractivity contribution in [1.29, 1.82) is 0 Å². The molecule has 0 saturated heterocycles. The highest BCUT2D eigenvalue weighted by Gasteiger charge is 2.12. The molecular weight excluding hydrogens is 432 g/mol. The average molecular weight is 453 g/mol. The highest BCUT2D eigenvalue weighted by atomic mass is 79.9. The molecule has 0 fully saturated rings. The smallest absolute Gasteiger partial charge is 0.114 e. The van der Waals surface area contributed by atoms with Gasteiger partial charge < -0.3 is 4.57 Å². The second-order valence-corrected chi connectivity index (χ2v) is 8.39. The predicted molar refractivity (Wildman–Crippen MR) is 128 cm³/mol. The van der Waals surface area contributed by atoms with Gasteiger partial charge in [0.1, 0.15) is 5.82 Å². The highest BCUT2D eigenvalue weighted by molar-refractivity contribution is 9.10. The van der Waals surface area contributed by atoms with Crippen molar-refractivity contribution in [2.24, 2.45) is 0 Å². The minimum Gasteiger partial charge on any atom is -0.323 e. The van der Waals surface area contributed by atoms with E-state index < -0.39 is 0 Å². The molecule has 0 bridgehead atoms. The molecule has 30 heavy (non-hydrogen) atoms. The van der Waals surface area contributed by atoms with Crippen LogP contribution in [0.25, 0.3) is 22.2 Å². The summed E-state index contributed by atoms with van der Waals surface area (Å²) >= 11 is 3.59. The fourth-order valence-corrected chi connectivity index (χ4v) is 4.33. The molecule has 146 valence electrons. The van der Waals surface area contributed by atoms with E-state index in [-0.39, 0.29) is 0 Å². The number of fused-ring (bicyclic) bond motifs is 1. The molecule has 1 aromatic heterocycles. The molecule has 0 aliphatic rings. The third-order valence-electron chi connectivity index (χ3n) is 5.39. The Labute approximate surface area is 185 Å². The Morgan fingerprint density at radius 2 is 1.40 bits per heavy atom. The van der Waals surface area contributed by atoms with E-state index in [9.17, 15) is 0 Å². The van der Waals surface area contributed by atoms with Gasteiger partial charge in [0.05, 0.1) is 11.0 Å². The topological polar surface area (TPSA) is 17.8 Å². The fraction of sp³-hybridized carbons (Fsp3) is 0.0741. The summed E-state index contributed by atoms with van der Waals surface area (Å²) in [4.78, 5) is 4.96. The predicted octanol–water partition coefficient (Wildman–Crippen LogP) is 7.10. The molecule has 0 spiro atoms. The molecule has 0 saturated carbocycles. The van der Waals surface area contributed by atoms with Crippen LogP contribution < -0.4 is 0 Å². The summed E-state index contributed by atoms with van der Waals surface area (Å²) in [5.74, 6) is 1.09. The lowest BCUT2D eigenvalue weighted by Crippen LogP contribution is -2.06. The molecule has 0 unspecified atom stereocenters. The van der Waals surface area contributed by atoms with Crippen molar-refractivity contribution in [3.8, 4) is 11.1 Å². The summed E-state index contributed by atoms with van der Waals surface area (Å²) in [7, 11) is 0. The van der Waals surface area contributed by atoms with Crippen molar-refractivity contribution in [1.82, 2.24) is 9.55 Å². The van der Waals surface area contributed by atoms with Gasteiger partial charge in [0.25, 0.3) is 0 Å². The monoisotopic (exact) mass is 452 g/mol. The zero-order valence-corrected chi connectivity index (χ0v) is 18.1. The van der Waals surface area contributed by atoms with Crippen LogP contribution in [0.2, 0.25) is 0 Å². The minimum atomic E-state index is 0.803. The lowest BCUT2D eigenvalue weighted by molar-refractivity contribution is 0.762. The average Bonchev–Trinajstić information content (AvgIpc) is 3.12. The standard InChI is InChI=1S/C27H21BrN2/c28-24-10-6-7-21(17-24)19-30-26-12-5-4-11-25(26)29-27(30)18-20-13-15-23(16-14-20)22-8-2-1-3-9-22/h1-17H,18-19H2. The number of halogens is 1. The number of hydrogen-bond acceptors (Lipinski definition) is 1. The van der Waals surface area contributed by atoms with E-state index in [0.717, 1.165) is 28.8 Å². The van der Waals surface area contributed by atoms with E-state index in [1.807, 2.05) is 6.07 Å². The van der Waals surface area contributed by atoms with Crippen LogP contribution in [0.5, 0.6) is 0 Å². The fourth-order valence-electron chi connectivity index (χ4n) is 3.88. The van der Waals surface area contributed by atoms with Gasteiger partial charge in [-0.2, -0.15) is 0 Å². The molecule has 5 rings (SSSR count). The Morgan fingerprint density at radius 1 is 0.667 bits per heavy atom. The number of para-hydroxylation sites is 2. The van der Waals surface area contributed by atoms with Gasteiger partial charge in [-0.05, 0) is 46.5 Å². The Morgan fingerprint density at radius 3 is 2.20 bits per heavy atom. The van der Waals surface area contributed by atoms with Crippen LogP contribution in [0.1, 0.15) is 17.0 Å². The molecule has 0 aliphatic heterocycles. The highest BCUT2D eigenvalue weighted by Crippen LogP contribution is 2.23. The zero-order valence-electron chi connectivity index (χ0n) is 16.5. The maximum Gasteiger partial charge on any atom is 0.114 e. The number of aromatic nitrogens is 2. The van der Waals surface area contributed by atoms with E-state index in [2.05, 4.69) is 118 Å². The second kappa shape index (κ2) is 8.29. The van der Waals surface area contributed by atoms with Crippen molar-refractivity contribution < 1.29 is 0 Å². The van der Waals surface area contributed by atoms with Crippen LogP contribution in [0.15, 0.2) is 108 Å². The largest absolute Gasteiger partial charge is 0.323 e. The molecule has 0 amide bonds. The van der Waals surface area contributed by atoms with Crippen LogP contribution in [-0.2, 0) is 13.0 Å². The molecule has 0 atom stereocenters. The van der Waals surface area contributed by atoms with Crippen molar-refractivity contribution in [2.75, 3.05) is 0 Å². The molecule has 2 nitrogen and oxygen atoms in total. The third kappa shape index (κ3) is 3.94. The van der Waals surface area contributed by atoms with Crippen molar-refractivity contribution >= 4 is 27.0 Å².